The number of aromatic nitrogens is 4. The van der Waals surface area contributed by atoms with Crippen molar-refractivity contribution in [1.29, 1.82) is 0 Å². The second-order valence-electron chi connectivity index (χ2n) is 5.69. The maximum Gasteiger partial charge on any atom is 0.315 e. The van der Waals surface area contributed by atoms with E-state index in [0.717, 1.165) is 11.3 Å². The van der Waals surface area contributed by atoms with Crippen LogP contribution in [0.3, 0.4) is 0 Å². The highest BCUT2D eigenvalue weighted by molar-refractivity contribution is 5.73. The summed E-state index contributed by atoms with van der Waals surface area (Å²) in [5.74, 6) is 0.887. The first-order valence-corrected chi connectivity index (χ1v) is 8.33. The fourth-order valence-electron chi connectivity index (χ4n) is 2.43. The summed E-state index contributed by atoms with van der Waals surface area (Å²) in [5.41, 5.74) is 1.70. The van der Waals surface area contributed by atoms with Crippen molar-refractivity contribution in [1.82, 2.24) is 30.8 Å². The molecule has 0 spiro atoms. The molecule has 1 heterocycles. The van der Waals surface area contributed by atoms with Gasteiger partial charge in [0.1, 0.15) is 11.6 Å². The topological polar surface area (TPSA) is 94.0 Å². The van der Waals surface area contributed by atoms with E-state index >= 15 is 0 Å². The standard InChI is InChI=1S/C18H19FN6O2/c1-27-16-8-2-13(3-9-16)10-11-20-18(26)21-12-17-22-23-24-25(17)15-6-4-14(19)5-7-15/h2-9H,10-12H2,1H3,(H2,20,21,26). The molecule has 0 saturated carbocycles. The molecular formula is C18H19FN6O2. The van der Waals surface area contributed by atoms with Gasteiger partial charge in [-0.3, -0.25) is 0 Å². The largest absolute Gasteiger partial charge is 0.497 e. The molecule has 2 amide bonds. The molecule has 2 N–H and O–H groups in total. The highest BCUT2D eigenvalue weighted by Gasteiger charge is 2.10. The minimum atomic E-state index is -0.345. The Balaban J connectivity index is 1.47. The molecule has 3 rings (SSSR count). The number of amides is 2. The van der Waals surface area contributed by atoms with E-state index in [9.17, 15) is 9.18 Å². The molecule has 3 aromatic rings. The number of carbonyl (C=O) groups excluding carboxylic acids is 1. The Bertz CT molecular complexity index is 880. The van der Waals surface area contributed by atoms with Crippen LogP contribution < -0.4 is 15.4 Å². The third-order valence-corrected chi connectivity index (χ3v) is 3.87. The highest BCUT2D eigenvalue weighted by Crippen LogP contribution is 2.11. The van der Waals surface area contributed by atoms with Gasteiger partial charge in [-0.2, -0.15) is 4.68 Å². The summed E-state index contributed by atoms with van der Waals surface area (Å²) in [7, 11) is 1.62. The van der Waals surface area contributed by atoms with E-state index in [1.807, 2.05) is 24.3 Å². The first-order chi connectivity index (χ1) is 13.2. The molecular weight excluding hydrogens is 351 g/mol. The molecule has 9 heteroatoms. The summed E-state index contributed by atoms with van der Waals surface area (Å²) >= 11 is 0. The first kappa shape index (κ1) is 18.3. The Morgan fingerprint density at radius 2 is 1.85 bits per heavy atom. The molecule has 0 fully saturated rings. The molecule has 0 bridgehead atoms. The third-order valence-electron chi connectivity index (χ3n) is 3.87. The average molecular weight is 370 g/mol. The van der Waals surface area contributed by atoms with E-state index in [1.54, 1.807) is 19.2 Å². The van der Waals surface area contributed by atoms with Crippen molar-refractivity contribution in [3.05, 3.63) is 65.7 Å². The maximum atomic E-state index is 13.0. The zero-order valence-corrected chi connectivity index (χ0v) is 14.7. The lowest BCUT2D eigenvalue weighted by Gasteiger charge is -2.08. The Morgan fingerprint density at radius 3 is 2.56 bits per heavy atom. The summed E-state index contributed by atoms with van der Waals surface area (Å²) in [6.07, 6.45) is 0.699. The Hall–Kier alpha value is -3.49. The van der Waals surface area contributed by atoms with Crippen LogP contribution >= 0.6 is 0 Å². The molecule has 27 heavy (non-hydrogen) atoms. The van der Waals surface area contributed by atoms with Crippen LogP contribution in [0.15, 0.2) is 48.5 Å². The van der Waals surface area contributed by atoms with Crippen molar-refractivity contribution in [3.63, 3.8) is 0 Å². The first-order valence-electron chi connectivity index (χ1n) is 8.33. The van der Waals surface area contributed by atoms with Gasteiger partial charge in [-0.05, 0) is 58.8 Å². The lowest BCUT2D eigenvalue weighted by Crippen LogP contribution is -2.36. The normalized spacial score (nSPS) is 10.4. The predicted molar refractivity (Wildman–Crippen MR) is 96.0 cm³/mol. The van der Waals surface area contributed by atoms with Crippen molar-refractivity contribution in [2.45, 2.75) is 13.0 Å². The van der Waals surface area contributed by atoms with E-state index < -0.39 is 0 Å². The van der Waals surface area contributed by atoms with Crippen molar-refractivity contribution in [2.75, 3.05) is 13.7 Å². The smallest absolute Gasteiger partial charge is 0.315 e. The summed E-state index contributed by atoms with van der Waals surface area (Å²) in [6, 6.07) is 13.1. The predicted octanol–water partition coefficient (Wildman–Crippen LogP) is 1.85. The fraction of sp³-hybridized carbons (Fsp3) is 0.222. The number of carbonyl (C=O) groups is 1. The Labute approximate surface area is 155 Å². The van der Waals surface area contributed by atoms with Gasteiger partial charge in [0, 0.05) is 6.54 Å². The van der Waals surface area contributed by atoms with Crippen LogP contribution in [0, 0.1) is 5.82 Å². The highest BCUT2D eigenvalue weighted by atomic mass is 19.1. The number of benzene rings is 2. The molecule has 0 aliphatic rings. The molecule has 140 valence electrons. The van der Waals surface area contributed by atoms with Gasteiger partial charge in [-0.1, -0.05) is 12.1 Å². The molecule has 0 radical (unpaired) electrons. The van der Waals surface area contributed by atoms with Gasteiger partial charge in [0.25, 0.3) is 0 Å². The zero-order valence-electron chi connectivity index (χ0n) is 14.7. The van der Waals surface area contributed by atoms with Crippen molar-refractivity contribution in [3.8, 4) is 11.4 Å². The van der Waals surface area contributed by atoms with Gasteiger partial charge in [-0.15, -0.1) is 5.10 Å². The molecule has 0 aliphatic heterocycles. The third kappa shape index (κ3) is 5.00. The monoisotopic (exact) mass is 370 g/mol. The Kier molecular flexibility index (Phi) is 5.93. The number of ether oxygens (including phenoxy) is 1. The van der Waals surface area contributed by atoms with Crippen LogP contribution in [0.1, 0.15) is 11.4 Å². The van der Waals surface area contributed by atoms with Gasteiger partial charge < -0.3 is 15.4 Å². The van der Waals surface area contributed by atoms with Crippen LogP contribution in [-0.2, 0) is 13.0 Å². The van der Waals surface area contributed by atoms with Gasteiger partial charge in [0.05, 0.1) is 19.3 Å². The molecule has 0 atom stereocenters. The number of methoxy groups -OCH3 is 1. The number of urea groups is 1. The fourth-order valence-corrected chi connectivity index (χ4v) is 2.43. The molecule has 0 aliphatic carbocycles. The van der Waals surface area contributed by atoms with E-state index in [-0.39, 0.29) is 18.4 Å². The van der Waals surface area contributed by atoms with Crippen molar-refractivity contribution >= 4 is 6.03 Å². The van der Waals surface area contributed by atoms with Gasteiger partial charge in [0.15, 0.2) is 5.82 Å². The van der Waals surface area contributed by atoms with E-state index in [4.69, 9.17) is 4.74 Å². The maximum absolute atomic E-state index is 13.0. The second kappa shape index (κ2) is 8.75. The molecule has 0 saturated heterocycles. The molecule has 8 nitrogen and oxygen atoms in total. The number of hydrogen-bond acceptors (Lipinski definition) is 5. The molecule has 1 aromatic heterocycles. The minimum Gasteiger partial charge on any atom is -0.497 e. The summed E-state index contributed by atoms with van der Waals surface area (Å²) in [5, 5.41) is 16.8. The van der Waals surface area contributed by atoms with E-state index in [2.05, 4.69) is 26.2 Å². The minimum absolute atomic E-state index is 0.138. The van der Waals surface area contributed by atoms with E-state index in [1.165, 1.54) is 16.8 Å². The van der Waals surface area contributed by atoms with Crippen LogP contribution in [0.2, 0.25) is 0 Å². The number of halogens is 1. The lowest BCUT2D eigenvalue weighted by molar-refractivity contribution is 0.240. The summed E-state index contributed by atoms with van der Waals surface area (Å²) in [6.45, 7) is 0.625. The zero-order chi connectivity index (χ0) is 19.1. The molecule has 0 unspecified atom stereocenters. The quantitative estimate of drug-likeness (QED) is 0.662. The van der Waals surface area contributed by atoms with Crippen molar-refractivity contribution in [2.24, 2.45) is 0 Å². The SMILES string of the molecule is COc1ccc(CCNC(=O)NCc2nnnn2-c2ccc(F)cc2)cc1. The number of tetrazole rings is 1. The van der Waals surface area contributed by atoms with Gasteiger partial charge in [-0.25, -0.2) is 9.18 Å². The number of nitrogens with zero attached hydrogens (tertiary/aromatic N) is 4. The van der Waals surface area contributed by atoms with Gasteiger partial charge in [0.2, 0.25) is 0 Å². The lowest BCUT2D eigenvalue weighted by atomic mass is 10.1. The van der Waals surface area contributed by atoms with Crippen LogP contribution in [0.25, 0.3) is 5.69 Å². The van der Waals surface area contributed by atoms with Crippen molar-refractivity contribution < 1.29 is 13.9 Å². The second-order valence-corrected chi connectivity index (χ2v) is 5.69. The Morgan fingerprint density at radius 1 is 1.11 bits per heavy atom. The van der Waals surface area contributed by atoms with Crippen LogP contribution in [-0.4, -0.2) is 39.9 Å². The molecule has 2 aromatic carbocycles. The average Bonchev–Trinajstić information content (AvgIpc) is 3.16. The number of hydrogen-bond donors (Lipinski definition) is 2. The van der Waals surface area contributed by atoms with E-state index in [0.29, 0.717) is 24.5 Å². The van der Waals surface area contributed by atoms with Crippen LogP contribution in [0.4, 0.5) is 9.18 Å². The summed E-state index contributed by atoms with van der Waals surface area (Å²) in [4.78, 5) is 12.0. The summed E-state index contributed by atoms with van der Waals surface area (Å²) < 4.78 is 19.6. The number of nitrogens with one attached hydrogen (secondary N) is 2. The number of rotatable bonds is 7. The van der Waals surface area contributed by atoms with Crippen LogP contribution in [0.5, 0.6) is 5.75 Å². The van der Waals surface area contributed by atoms with Gasteiger partial charge >= 0.3 is 6.03 Å².